The molecule has 0 radical (unpaired) electrons. The van der Waals surface area contributed by atoms with Gasteiger partial charge in [-0.05, 0) is 0 Å². The van der Waals surface area contributed by atoms with Gasteiger partial charge in [0.2, 0.25) is 0 Å². The first-order chi connectivity index (χ1) is 3.41. The topological polar surface area (TPSA) is 0 Å². The molecule has 0 unspecified atom stereocenters. The molecule has 0 saturated heterocycles. The molecule has 0 nitrogen and oxygen atoms in total. The third-order valence-corrected chi connectivity index (χ3v) is 1.10. The number of hydrogen-bond donors (Lipinski definition) is 0. The van der Waals surface area contributed by atoms with Gasteiger partial charge in [-0.25, -0.2) is 0 Å². The average Bonchev–Trinajstić information content (AvgIpc) is 1.69. The normalized spacial score (nSPS) is 8.25. The third kappa shape index (κ3) is 9.80. The Balaban J connectivity index is 0. The Morgan fingerprint density at radius 2 is 1.75 bits per heavy atom. The zero-order chi connectivity index (χ0) is 5.54. The first kappa shape index (κ1) is 11.4. The molecule has 0 aromatic rings. The van der Waals surface area contributed by atoms with E-state index in [-0.39, 0.29) is 19.5 Å². The van der Waals surface area contributed by atoms with E-state index in [1.807, 2.05) is 0 Å². The second-order valence-electron chi connectivity index (χ2n) is 1.91. The standard InChI is InChI=1S/C7H15.Zn/c1-3-5-7-6-4-2;/h1,3-7H2,2H3;/q-1;. The molecule has 46 valence electrons. The minimum Gasteiger partial charge on any atom is -0.343 e. The average molecular weight is 165 g/mol. The van der Waals surface area contributed by atoms with Gasteiger partial charge in [-0.2, -0.15) is 6.42 Å². The maximum Gasteiger partial charge on any atom is 0 e. The van der Waals surface area contributed by atoms with Gasteiger partial charge in [0.05, 0.1) is 0 Å². The summed E-state index contributed by atoms with van der Waals surface area (Å²) in [4.78, 5) is 0. The zero-order valence-corrected chi connectivity index (χ0v) is 8.92. The zero-order valence-electron chi connectivity index (χ0n) is 5.95. The molecule has 0 aliphatic carbocycles. The summed E-state index contributed by atoms with van der Waals surface area (Å²) in [5, 5.41) is 0. The van der Waals surface area contributed by atoms with Crippen molar-refractivity contribution in [2.45, 2.75) is 39.0 Å². The van der Waals surface area contributed by atoms with Gasteiger partial charge in [-0.15, -0.1) is 0 Å². The summed E-state index contributed by atoms with van der Waals surface area (Å²) in [6.45, 7) is 5.98. The Labute approximate surface area is 65.8 Å². The van der Waals surface area contributed by atoms with Gasteiger partial charge in [0.15, 0.2) is 0 Å². The molecule has 0 aromatic heterocycles. The minimum atomic E-state index is 0. The largest absolute Gasteiger partial charge is 0.343 e. The second-order valence-corrected chi connectivity index (χ2v) is 1.91. The first-order valence-corrected chi connectivity index (χ1v) is 3.21. The predicted octanol–water partition coefficient (Wildman–Crippen LogP) is 2.79. The van der Waals surface area contributed by atoms with Crippen LogP contribution >= 0.6 is 0 Å². The van der Waals surface area contributed by atoms with Crippen molar-refractivity contribution >= 4 is 0 Å². The van der Waals surface area contributed by atoms with Crippen molar-refractivity contribution in [3.8, 4) is 0 Å². The molecule has 1 heteroatoms. The van der Waals surface area contributed by atoms with Gasteiger partial charge < -0.3 is 6.92 Å². The fraction of sp³-hybridized carbons (Fsp3) is 0.857. The molecular formula is C7H15Zn-. The molecule has 0 atom stereocenters. The SMILES string of the molecule is [CH2-]CCCCCC.[Zn]. The van der Waals surface area contributed by atoms with Crippen LogP contribution < -0.4 is 0 Å². The molecule has 0 heterocycles. The molecule has 0 bridgehead atoms. The maximum atomic E-state index is 3.76. The van der Waals surface area contributed by atoms with Crippen molar-refractivity contribution in [3.05, 3.63) is 6.92 Å². The quantitative estimate of drug-likeness (QED) is 0.341. The summed E-state index contributed by atoms with van der Waals surface area (Å²) in [6, 6.07) is 0. The summed E-state index contributed by atoms with van der Waals surface area (Å²) >= 11 is 0. The van der Waals surface area contributed by atoms with Crippen molar-refractivity contribution in [1.29, 1.82) is 0 Å². The Morgan fingerprint density at radius 3 is 2.12 bits per heavy atom. The van der Waals surface area contributed by atoms with Gasteiger partial charge in [0, 0.05) is 19.5 Å². The van der Waals surface area contributed by atoms with E-state index in [4.69, 9.17) is 0 Å². The van der Waals surface area contributed by atoms with E-state index in [1.165, 1.54) is 25.7 Å². The van der Waals surface area contributed by atoms with Crippen LogP contribution in [0.4, 0.5) is 0 Å². The minimum absolute atomic E-state index is 0. The molecular weight excluding hydrogens is 149 g/mol. The predicted molar refractivity (Wildman–Crippen MR) is 34.1 cm³/mol. The summed E-state index contributed by atoms with van der Waals surface area (Å²) < 4.78 is 0. The molecule has 0 rings (SSSR count). The van der Waals surface area contributed by atoms with Gasteiger partial charge in [-0.3, -0.25) is 0 Å². The van der Waals surface area contributed by atoms with E-state index in [0.29, 0.717) is 0 Å². The van der Waals surface area contributed by atoms with Crippen molar-refractivity contribution < 1.29 is 19.5 Å². The van der Waals surface area contributed by atoms with Crippen LogP contribution in [0.2, 0.25) is 0 Å². The molecule has 0 amide bonds. The van der Waals surface area contributed by atoms with E-state index in [1.54, 1.807) is 0 Å². The van der Waals surface area contributed by atoms with Crippen molar-refractivity contribution in [3.63, 3.8) is 0 Å². The smallest absolute Gasteiger partial charge is 0 e. The van der Waals surface area contributed by atoms with Crippen LogP contribution in [0.25, 0.3) is 0 Å². The molecule has 0 N–H and O–H groups in total. The monoisotopic (exact) mass is 163 g/mol. The molecule has 0 aliphatic heterocycles. The second kappa shape index (κ2) is 10.6. The molecule has 0 saturated carbocycles. The summed E-state index contributed by atoms with van der Waals surface area (Å²) in [6.07, 6.45) is 6.52. The summed E-state index contributed by atoms with van der Waals surface area (Å²) in [7, 11) is 0. The van der Waals surface area contributed by atoms with Crippen LogP contribution in [0.5, 0.6) is 0 Å². The molecule has 0 aliphatic rings. The Bertz CT molecular complexity index is 23.6. The number of unbranched alkanes of at least 4 members (excludes halogenated alkanes) is 4. The van der Waals surface area contributed by atoms with Crippen LogP contribution in [-0.2, 0) is 19.5 Å². The van der Waals surface area contributed by atoms with Crippen LogP contribution in [0.1, 0.15) is 39.0 Å². The third-order valence-electron chi connectivity index (χ3n) is 1.10. The summed E-state index contributed by atoms with van der Waals surface area (Å²) in [5.41, 5.74) is 0. The Hall–Kier alpha value is 0.623. The molecule has 0 aromatic carbocycles. The van der Waals surface area contributed by atoms with Crippen molar-refractivity contribution in [1.82, 2.24) is 0 Å². The molecule has 0 fully saturated rings. The fourth-order valence-corrected chi connectivity index (χ4v) is 0.604. The Morgan fingerprint density at radius 1 is 1.12 bits per heavy atom. The number of rotatable bonds is 4. The van der Waals surface area contributed by atoms with Crippen LogP contribution in [0.15, 0.2) is 0 Å². The summed E-state index contributed by atoms with van der Waals surface area (Å²) in [5.74, 6) is 0. The van der Waals surface area contributed by atoms with E-state index in [9.17, 15) is 0 Å². The van der Waals surface area contributed by atoms with Gasteiger partial charge in [-0.1, -0.05) is 32.6 Å². The first-order valence-electron chi connectivity index (χ1n) is 3.21. The number of hydrogen-bond acceptors (Lipinski definition) is 0. The molecule has 0 spiro atoms. The fourth-order valence-electron chi connectivity index (χ4n) is 0.604. The van der Waals surface area contributed by atoms with E-state index in [2.05, 4.69) is 13.8 Å². The maximum absolute atomic E-state index is 3.76. The van der Waals surface area contributed by atoms with Crippen LogP contribution in [0, 0.1) is 6.92 Å². The van der Waals surface area contributed by atoms with E-state index < -0.39 is 0 Å². The van der Waals surface area contributed by atoms with Crippen LogP contribution in [0.3, 0.4) is 0 Å². The van der Waals surface area contributed by atoms with Gasteiger partial charge in [0.1, 0.15) is 0 Å². The van der Waals surface area contributed by atoms with Crippen LogP contribution in [-0.4, -0.2) is 0 Å². The van der Waals surface area contributed by atoms with Crippen molar-refractivity contribution in [2.75, 3.05) is 0 Å². The van der Waals surface area contributed by atoms with Gasteiger partial charge >= 0.3 is 0 Å². The van der Waals surface area contributed by atoms with Crippen molar-refractivity contribution in [2.24, 2.45) is 0 Å². The van der Waals surface area contributed by atoms with E-state index in [0.717, 1.165) is 6.42 Å². The van der Waals surface area contributed by atoms with E-state index >= 15 is 0 Å². The Kier molecular flexibility index (Phi) is 15.1. The van der Waals surface area contributed by atoms with Gasteiger partial charge in [0.25, 0.3) is 0 Å². The molecule has 8 heavy (non-hydrogen) atoms.